The van der Waals surface area contributed by atoms with E-state index < -0.39 is 20.0 Å². The van der Waals surface area contributed by atoms with Crippen LogP contribution in [0.4, 0.5) is 0 Å². The predicted molar refractivity (Wildman–Crippen MR) is 137 cm³/mol. The topological polar surface area (TPSA) is 113 Å². The quantitative estimate of drug-likeness (QED) is 0.427. The zero-order valence-electron chi connectivity index (χ0n) is 19.7. The Morgan fingerprint density at radius 1 is 1.03 bits per heavy atom. The van der Waals surface area contributed by atoms with Gasteiger partial charge in [0.1, 0.15) is 12.4 Å². The fraction of sp³-hybridized carbons (Fsp3) is 0.435. The van der Waals surface area contributed by atoms with Gasteiger partial charge in [0.25, 0.3) is 0 Å². The Kier molecular flexibility index (Phi) is 9.33. The first-order chi connectivity index (χ1) is 16.5. The van der Waals surface area contributed by atoms with Crippen LogP contribution in [0.15, 0.2) is 57.9 Å². The van der Waals surface area contributed by atoms with E-state index in [0.29, 0.717) is 38.2 Å². The molecule has 1 fully saturated rings. The van der Waals surface area contributed by atoms with E-state index in [2.05, 4.69) is 21.2 Å². The molecule has 1 aliphatic rings. The number of carbonyl (C=O) groups is 1. The third-order valence-electron chi connectivity index (χ3n) is 5.75. The van der Waals surface area contributed by atoms with Crippen LogP contribution in [0, 0.1) is 5.92 Å². The van der Waals surface area contributed by atoms with E-state index in [9.17, 15) is 21.6 Å². The first-order valence-electron chi connectivity index (χ1n) is 11.1. The first-order valence-corrected chi connectivity index (χ1v) is 15.0. The summed E-state index contributed by atoms with van der Waals surface area (Å²) in [7, 11) is -4.00. The Hall–Kier alpha value is -1.99. The molecule has 0 unspecified atom stereocenters. The van der Waals surface area contributed by atoms with Crippen LogP contribution >= 0.6 is 15.9 Å². The molecule has 0 bridgehead atoms. The van der Waals surface area contributed by atoms with Crippen molar-refractivity contribution in [2.45, 2.75) is 23.5 Å². The Balaban J connectivity index is 1.40. The average molecular weight is 589 g/mol. The molecule has 1 heterocycles. The number of hydrogen-bond acceptors (Lipinski definition) is 6. The van der Waals surface area contributed by atoms with E-state index in [-0.39, 0.29) is 29.1 Å². The molecule has 0 spiro atoms. The summed E-state index contributed by atoms with van der Waals surface area (Å²) >= 11 is 3.34. The minimum absolute atomic E-state index is 0.0590. The normalized spacial score (nSPS) is 15.8. The maximum atomic E-state index is 12.7. The Morgan fingerprint density at radius 2 is 1.63 bits per heavy atom. The van der Waals surface area contributed by atoms with Gasteiger partial charge in [0.15, 0.2) is 0 Å². The highest BCUT2D eigenvalue weighted by Gasteiger charge is 2.31. The van der Waals surface area contributed by atoms with Gasteiger partial charge in [0, 0.05) is 37.6 Å². The Morgan fingerprint density at radius 3 is 2.20 bits per heavy atom. The number of rotatable bonds is 10. The van der Waals surface area contributed by atoms with Crippen molar-refractivity contribution in [3.05, 3.63) is 58.6 Å². The van der Waals surface area contributed by atoms with Crippen molar-refractivity contribution in [3.8, 4) is 5.75 Å². The van der Waals surface area contributed by atoms with Crippen LogP contribution in [0.3, 0.4) is 0 Å². The number of benzene rings is 2. The molecule has 0 atom stereocenters. The molecule has 35 heavy (non-hydrogen) atoms. The molecule has 12 heteroatoms. The van der Waals surface area contributed by atoms with Gasteiger partial charge in [-0.15, -0.1) is 0 Å². The largest absolute Gasteiger partial charge is 0.492 e. The van der Waals surface area contributed by atoms with Gasteiger partial charge in [-0.3, -0.25) is 4.79 Å². The molecular weight excluding hydrogens is 558 g/mol. The molecule has 0 saturated carbocycles. The first kappa shape index (κ1) is 27.6. The molecule has 0 aromatic heterocycles. The van der Waals surface area contributed by atoms with Gasteiger partial charge in [-0.2, -0.15) is 0 Å². The van der Waals surface area contributed by atoms with Crippen molar-refractivity contribution >= 4 is 41.9 Å². The van der Waals surface area contributed by atoms with Crippen LogP contribution < -0.4 is 10.1 Å². The highest BCUT2D eigenvalue weighted by atomic mass is 79.9. The van der Waals surface area contributed by atoms with E-state index in [1.54, 1.807) is 24.3 Å². The van der Waals surface area contributed by atoms with Crippen LogP contribution in [-0.4, -0.2) is 71.7 Å². The SMILES string of the molecule is CN(C)S(=O)(=O)c1ccc(OCCNC(=O)C2CCN(S(=O)(=O)Cc3ccc(Br)cc3)CC2)cc1. The zero-order valence-corrected chi connectivity index (χ0v) is 22.9. The van der Waals surface area contributed by atoms with Crippen molar-refractivity contribution in [2.75, 3.05) is 40.3 Å². The maximum Gasteiger partial charge on any atom is 0.242 e. The fourth-order valence-electron chi connectivity index (χ4n) is 3.68. The number of halogens is 1. The van der Waals surface area contributed by atoms with E-state index in [1.807, 2.05) is 12.1 Å². The van der Waals surface area contributed by atoms with Crippen LogP contribution in [-0.2, 0) is 30.6 Å². The molecule has 2 aromatic carbocycles. The summed E-state index contributed by atoms with van der Waals surface area (Å²) < 4.78 is 58.7. The minimum Gasteiger partial charge on any atom is -0.492 e. The maximum absolute atomic E-state index is 12.7. The lowest BCUT2D eigenvalue weighted by Gasteiger charge is -2.30. The van der Waals surface area contributed by atoms with Gasteiger partial charge in [-0.25, -0.2) is 25.4 Å². The highest BCUT2D eigenvalue weighted by Crippen LogP contribution is 2.23. The Bertz CT molecular complexity index is 1210. The van der Waals surface area contributed by atoms with E-state index >= 15 is 0 Å². The van der Waals surface area contributed by atoms with E-state index in [4.69, 9.17) is 4.74 Å². The van der Waals surface area contributed by atoms with Crippen LogP contribution in [0.5, 0.6) is 5.75 Å². The lowest BCUT2D eigenvalue weighted by Crippen LogP contribution is -2.43. The molecule has 1 saturated heterocycles. The zero-order chi connectivity index (χ0) is 25.6. The molecule has 3 rings (SSSR count). The smallest absolute Gasteiger partial charge is 0.242 e. The molecule has 2 aromatic rings. The van der Waals surface area contributed by atoms with Gasteiger partial charge in [-0.1, -0.05) is 28.1 Å². The summed E-state index contributed by atoms with van der Waals surface area (Å²) in [4.78, 5) is 12.7. The number of nitrogens with zero attached hydrogens (tertiary/aromatic N) is 2. The molecular formula is C23H30BrN3O6S2. The van der Waals surface area contributed by atoms with Crippen molar-refractivity contribution in [3.63, 3.8) is 0 Å². The van der Waals surface area contributed by atoms with Gasteiger partial charge in [-0.05, 0) is 54.8 Å². The van der Waals surface area contributed by atoms with Gasteiger partial charge in [0.2, 0.25) is 26.0 Å². The van der Waals surface area contributed by atoms with Gasteiger partial charge >= 0.3 is 0 Å². The van der Waals surface area contributed by atoms with Gasteiger partial charge in [0.05, 0.1) is 17.2 Å². The molecule has 9 nitrogen and oxygen atoms in total. The standard InChI is InChI=1S/C23H30BrN3O6S2/c1-26(2)35(31,32)22-9-7-21(8-10-22)33-16-13-25-23(28)19-11-14-27(15-12-19)34(29,30)17-18-3-5-20(24)6-4-18/h3-10,19H,11-17H2,1-2H3,(H,25,28). The summed E-state index contributed by atoms with van der Waals surface area (Å²) in [6.07, 6.45) is 0.933. The van der Waals surface area contributed by atoms with E-state index in [1.165, 1.54) is 30.5 Å². The molecule has 1 N–H and O–H groups in total. The number of piperidine rings is 1. The van der Waals surface area contributed by atoms with Gasteiger partial charge < -0.3 is 10.1 Å². The third-order valence-corrected chi connectivity index (χ3v) is 9.96. The van der Waals surface area contributed by atoms with E-state index in [0.717, 1.165) is 14.3 Å². The molecule has 0 radical (unpaired) electrons. The summed E-state index contributed by atoms with van der Waals surface area (Å²) in [5.74, 6) is 0.0770. The number of nitrogens with one attached hydrogen (secondary N) is 1. The molecule has 0 aliphatic carbocycles. The Labute approximate surface area is 215 Å². The molecule has 1 amide bonds. The van der Waals surface area contributed by atoms with Crippen LogP contribution in [0.2, 0.25) is 0 Å². The minimum atomic E-state index is -3.50. The lowest BCUT2D eigenvalue weighted by atomic mass is 9.97. The number of carbonyl (C=O) groups excluding carboxylic acids is 1. The second kappa shape index (κ2) is 11.8. The average Bonchev–Trinajstić information content (AvgIpc) is 2.83. The fourth-order valence-corrected chi connectivity index (χ4v) is 6.41. The second-order valence-electron chi connectivity index (χ2n) is 8.45. The summed E-state index contributed by atoms with van der Waals surface area (Å²) in [5.41, 5.74) is 0.724. The summed E-state index contributed by atoms with van der Waals surface area (Å²) in [6.45, 7) is 1.15. The lowest BCUT2D eigenvalue weighted by molar-refractivity contribution is -0.126. The van der Waals surface area contributed by atoms with Crippen molar-refractivity contribution < 1.29 is 26.4 Å². The highest BCUT2D eigenvalue weighted by molar-refractivity contribution is 9.10. The van der Waals surface area contributed by atoms with Crippen molar-refractivity contribution in [1.29, 1.82) is 0 Å². The third kappa shape index (κ3) is 7.50. The monoisotopic (exact) mass is 587 g/mol. The van der Waals surface area contributed by atoms with Crippen molar-refractivity contribution in [2.24, 2.45) is 5.92 Å². The number of sulfonamides is 2. The molecule has 192 valence electrons. The summed E-state index contributed by atoms with van der Waals surface area (Å²) in [6, 6.07) is 13.3. The van der Waals surface area contributed by atoms with Crippen LogP contribution in [0.25, 0.3) is 0 Å². The number of hydrogen-bond donors (Lipinski definition) is 1. The molecule has 1 aliphatic heterocycles. The number of amides is 1. The second-order valence-corrected chi connectivity index (χ2v) is 13.5. The van der Waals surface area contributed by atoms with Crippen LogP contribution in [0.1, 0.15) is 18.4 Å². The van der Waals surface area contributed by atoms with Crippen molar-refractivity contribution in [1.82, 2.24) is 13.9 Å². The summed E-state index contributed by atoms with van der Waals surface area (Å²) in [5, 5.41) is 2.83. The number of ether oxygens (including phenoxy) is 1. The predicted octanol–water partition coefficient (Wildman–Crippen LogP) is 2.44.